The lowest BCUT2D eigenvalue weighted by Crippen LogP contribution is -2.97. The summed E-state index contributed by atoms with van der Waals surface area (Å²) in [7, 11) is 1.24. The van der Waals surface area contributed by atoms with E-state index >= 15 is 0 Å². The maximum Gasteiger partial charge on any atom is 0.368 e. The van der Waals surface area contributed by atoms with Gasteiger partial charge in [-0.15, -0.1) is 0 Å². The van der Waals surface area contributed by atoms with Gasteiger partial charge in [0.1, 0.15) is 23.7 Å². The van der Waals surface area contributed by atoms with Crippen molar-refractivity contribution in [3.05, 3.63) is 35.6 Å². The molecule has 0 spiro atoms. The van der Waals surface area contributed by atoms with E-state index < -0.39 is 41.1 Å². The second-order valence-corrected chi connectivity index (χ2v) is 6.41. The van der Waals surface area contributed by atoms with Crippen LogP contribution in [-0.4, -0.2) is 41.9 Å². The number of likely N-dealkylation sites (tertiary alicyclic amines) is 1. The summed E-state index contributed by atoms with van der Waals surface area (Å²) < 4.78 is 19.2. The van der Waals surface area contributed by atoms with Crippen molar-refractivity contribution >= 4 is 17.8 Å². The van der Waals surface area contributed by atoms with Gasteiger partial charge in [-0.05, 0) is 13.0 Å². The smallest absolute Gasteiger partial charge is 0.368 e. The minimum Gasteiger partial charge on any atom is -0.464 e. The molecule has 2 heterocycles. The van der Waals surface area contributed by atoms with E-state index in [9.17, 15) is 18.8 Å². The van der Waals surface area contributed by atoms with Crippen LogP contribution >= 0.6 is 0 Å². The topological polar surface area (TPSA) is 80.3 Å². The van der Waals surface area contributed by atoms with Crippen molar-refractivity contribution in [2.75, 3.05) is 13.7 Å². The first-order valence-electron chi connectivity index (χ1n) is 7.91. The van der Waals surface area contributed by atoms with Gasteiger partial charge in [0.25, 0.3) is 0 Å². The molecular weight excluding hydrogens is 315 g/mol. The molecule has 2 aliphatic rings. The van der Waals surface area contributed by atoms with Gasteiger partial charge in [0.2, 0.25) is 17.4 Å². The highest BCUT2D eigenvalue weighted by atomic mass is 19.1. The standard InChI is InChI=1S/C17H19FN2O4/c1-4-20-14(21)11-12(15(20)22)17(2,16(23)24-3)19-13(11)9-7-5-6-8-10(9)18/h5-8,11-13,19H,4H2,1-3H3/p+1/t11-,12-,13+,17+/m0/s1. The summed E-state index contributed by atoms with van der Waals surface area (Å²) >= 11 is 0. The Morgan fingerprint density at radius 2 is 2.00 bits per heavy atom. The van der Waals surface area contributed by atoms with Gasteiger partial charge in [0.05, 0.1) is 7.11 Å². The number of esters is 1. The Labute approximate surface area is 139 Å². The van der Waals surface area contributed by atoms with Crippen molar-refractivity contribution in [1.82, 2.24) is 4.90 Å². The monoisotopic (exact) mass is 335 g/mol. The molecule has 0 aromatic heterocycles. The van der Waals surface area contributed by atoms with Crippen LogP contribution in [0.4, 0.5) is 4.39 Å². The average Bonchev–Trinajstić information content (AvgIpc) is 3.02. The van der Waals surface area contributed by atoms with E-state index in [4.69, 9.17) is 4.74 Å². The molecule has 4 atom stereocenters. The summed E-state index contributed by atoms with van der Waals surface area (Å²) in [4.78, 5) is 39.0. The van der Waals surface area contributed by atoms with Crippen LogP contribution in [-0.2, 0) is 19.1 Å². The maximum atomic E-state index is 14.3. The number of quaternary nitrogens is 1. The number of halogens is 1. The third-order valence-corrected chi connectivity index (χ3v) is 5.21. The minimum absolute atomic E-state index is 0.228. The van der Waals surface area contributed by atoms with Gasteiger partial charge in [0, 0.05) is 19.0 Å². The normalized spacial score (nSPS) is 32.2. The molecule has 2 fully saturated rings. The number of benzene rings is 1. The van der Waals surface area contributed by atoms with Gasteiger partial charge < -0.3 is 10.1 Å². The number of fused-ring (bicyclic) bond motifs is 1. The van der Waals surface area contributed by atoms with E-state index in [0.29, 0.717) is 5.56 Å². The number of carbonyl (C=O) groups excluding carboxylic acids is 3. The molecule has 0 bridgehead atoms. The number of nitrogens with zero attached hydrogens (tertiary/aromatic N) is 1. The Kier molecular flexibility index (Phi) is 3.91. The lowest BCUT2D eigenvalue weighted by Gasteiger charge is -2.25. The van der Waals surface area contributed by atoms with Gasteiger partial charge >= 0.3 is 5.97 Å². The Morgan fingerprint density at radius 1 is 1.33 bits per heavy atom. The fourth-order valence-electron chi connectivity index (χ4n) is 4.08. The summed E-state index contributed by atoms with van der Waals surface area (Å²) in [6.07, 6.45) is 0. The number of imide groups is 1. The highest BCUT2D eigenvalue weighted by molar-refractivity contribution is 6.08. The highest BCUT2D eigenvalue weighted by Gasteiger charge is 2.70. The van der Waals surface area contributed by atoms with Crippen molar-refractivity contribution in [2.24, 2.45) is 11.8 Å². The van der Waals surface area contributed by atoms with E-state index in [2.05, 4.69) is 0 Å². The van der Waals surface area contributed by atoms with E-state index in [1.54, 1.807) is 37.4 Å². The number of carbonyl (C=O) groups is 3. The number of hydrogen-bond acceptors (Lipinski definition) is 4. The molecule has 2 aliphatic heterocycles. The minimum atomic E-state index is -1.26. The molecular formula is C17H20FN2O4+. The lowest BCUT2D eigenvalue weighted by molar-refractivity contribution is -0.731. The quantitative estimate of drug-likeness (QED) is 0.623. The van der Waals surface area contributed by atoms with Gasteiger partial charge in [-0.1, -0.05) is 18.2 Å². The molecule has 0 saturated carbocycles. The molecule has 3 rings (SSSR count). The predicted molar refractivity (Wildman–Crippen MR) is 80.9 cm³/mol. The first-order chi connectivity index (χ1) is 11.4. The molecule has 2 N–H and O–H groups in total. The zero-order valence-corrected chi connectivity index (χ0v) is 13.8. The third-order valence-electron chi connectivity index (χ3n) is 5.21. The van der Waals surface area contributed by atoms with Crippen molar-refractivity contribution in [3.8, 4) is 0 Å². The SMILES string of the molecule is CCN1C(=O)[C@@H]2[C@@H](c3ccccc3F)[NH2+][C@@](C)(C(=O)OC)[C@@H]2C1=O. The zero-order chi connectivity index (χ0) is 17.6. The number of ether oxygens (including phenoxy) is 1. The summed E-state index contributed by atoms with van der Waals surface area (Å²) in [5.74, 6) is -3.43. The molecule has 24 heavy (non-hydrogen) atoms. The van der Waals surface area contributed by atoms with Gasteiger partial charge in [-0.3, -0.25) is 14.5 Å². The van der Waals surface area contributed by atoms with Crippen LogP contribution in [0.3, 0.4) is 0 Å². The molecule has 128 valence electrons. The first-order valence-corrected chi connectivity index (χ1v) is 7.91. The molecule has 1 aromatic rings. The fraction of sp³-hybridized carbons (Fsp3) is 0.471. The van der Waals surface area contributed by atoms with E-state index in [1.807, 2.05) is 0 Å². The van der Waals surface area contributed by atoms with E-state index in [1.165, 1.54) is 13.2 Å². The van der Waals surface area contributed by atoms with Crippen LogP contribution in [0.25, 0.3) is 0 Å². The third kappa shape index (κ3) is 2.07. The largest absolute Gasteiger partial charge is 0.464 e. The number of rotatable bonds is 3. The van der Waals surface area contributed by atoms with Crippen LogP contribution in [0.2, 0.25) is 0 Å². The van der Waals surface area contributed by atoms with Crippen LogP contribution in [0.15, 0.2) is 24.3 Å². The molecule has 0 radical (unpaired) electrons. The van der Waals surface area contributed by atoms with Crippen molar-refractivity contribution in [1.29, 1.82) is 0 Å². The van der Waals surface area contributed by atoms with Crippen molar-refractivity contribution < 1.29 is 28.8 Å². The Bertz CT molecular complexity index is 722. The Hall–Kier alpha value is -2.28. The Balaban J connectivity index is 2.13. The Morgan fingerprint density at radius 3 is 2.58 bits per heavy atom. The molecule has 0 unspecified atom stereocenters. The summed E-state index contributed by atoms with van der Waals surface area (Å²) in [5.41, 5.74) is -0.942. The first kappa shape index (κ1) is 16.6. The van der Waals surface area contributed by atoms with Crippen molar-refractivity contribution in [3.63, 3.8) is 0 Å². The highest BCUT2D eigenvalue weighted by Crippen LogP contribution is 2.44. The maximum absolute atomic E-state index is 14.3. The number of nitrogens with two attached hydrogens (primary N) is 1. The van der Waals surface area contributed by atoms with Crippen LogP contribution < -0.4 is 5.32 Å². The average molecular weight is 335 g/mol. The zero-order valence-electron chi connectivity index (χ0n) is 13.8. The summed E-state index contributed by atoms with van der Waals surface area (Å²) in [6.45, 7) is 3.52. The number of methoxy groups -OCH3 is 1. The molecule has 7 heteroatoms. The molecule has 6 nitrogen and oxygen atoms in total. The second kappa shape index (κ2) is 5.66. The fourth-order valence-corrected chi connectivity index (χ4v) is 4.08. The molecule has 2 amide bonds. The number of hydrogen-bond donors (Lipinski definition) is 1. The van der Waals surface area contributed by atoms with Crippen LogP contribution in [0.1, 0.15) is 25.5 Å². The van der Waals surface area contributed by atoms with Crippen molar-refractivity contribution in [2.45, 2.75) is 25.4 Å². The molecule has 0 aliphatic carbocycles. The van der Waals surface area contributed by atoms with Gasteiger partial charge in [0.15, 0.2) is 0 Å². The molecule has 1 aromatic carbocycles. The molecule has 2 saturated heterocycles. The lowest BCUT2D eigenvalue weighted by atomic mass is 9.80. The van der Waals surface area contributed by atoms with Crippen LogP contribution in [0.5, 0.6) is 0 Å². The summed E-state index contributed by atoms with van der Waals surface area (Å²) in [6, 6.07) is 5.49. The van der Waals surface area contributed by atoms with E-state index in [0.717, 1.165) is 4.90 Å². The van der Waals surface area contributed by atoms with Gasteiger partial charge in [-0.2, -0.15) is 0 Å². The van der Waals surface area contributed by atoms with E-state index in [-0.39, 0.29) is 12.5 Å². The second-order valence-electron chi connectivity index (χ2n) is 6.41. The predicted octanol–water partition coefficient (Wildman–Crippen LogP) is -0.00340. The van der Waals surface area contributed by atoms with Crippen LogP contribution in [0, 0.1) is 17.7 Å². The number of amides is 2. The summed E-state index contributed by atoms with van der Waals surface area (Å²) in [5, 5.41) is 1.61. The van der Waals surface area contributed by atoms with Gasteiger partial charge in [-0.25, -0.2) is 9.18 Å².